The number of fused-ring (bicyclic) bond motifs is 1. The Kier molecular flexibility index (Phi) is 6.26. The van der Waals surface area contributed by atoms with Crippen LogP contribution in [0.25, 0.3) is 16.7 Å². The molecule has 8 nitrogen and oxygen atoms in total. The number of rotatable bonds is 7. The van der Waals surface area contributed by atoms with Crippen LogP contribution in [0.1, 0.15) is 38.4 Å². The van der Waals surface area contributed by atoms with E-state index < -0.39 is 0 Å². The number of H-pyrrole nitrogens is 1. The van der Waals surface area contributed by atoms with Crippen LogP contribution in [0.4, 0.5) is 0 Å². The van der Waals surface area contributed by atoms with Gasteiger partial charge in [-0.2, -0.15) is 4.98 Å². The van der Waals surface area contributed by atoms with Gasteiger partial charge in [-0.15, -0.1) is 0 Å². The third-order valence-corrected chi connectivity index (χ3v) is 4.98. The summed E-state index contributed by atoms with van der Waals surface area (Å²) in [4.78, 5) is 26.2. The fourth-order valence-electron chi connectivity index (χ4n) is 3.28. The Morgan fingerprint density at radius 1 is 1.23 bits per heavy atom. The predicted molar refractivity (Wildman–Crippen MR) is 122 cm³/mol. The number of aromatic amines is 1. The Bertz CT molecular complexity index is 1080. The summed E-state index contributed by atoms with van der Waals surface area (Å²) in [6, 6.07) is 10.0. The summed E-state index contributed by atoms with van der Waals surface area (Å²) in [6.07, 6.45) is 2.74. The van der Waals surface area contributed by atoms with Crippen LogP contribution in [0, 0.1) is 0 Å². The zero-order valence-electron chi connectivity index (χ0n) is 18.1. The van der Waals surface area contributed by atoms with Gasteiger partial charge in [-0.3, -0.25) is 9.56 Å². The van der Waals surface area contributed by atoms with Gasteiger partial charge < -0.3 is 21.4 Å². The van der Waals surface area contributed by atoms with Crippen LogP contribution in [0.3, 0.4) is 0 Å². The van der Waals surface area contributed by atoms with Crippen molar-refractivity contribution in [3.8, 4) is 5.69 Å². The highest BCUT2D eigenvalue weighted by Crippen LogP contribution is 2.24. The molecule has 0 radical (unpaired) electrons. The van der Waals surface area contributed by atoms with Gasteiger partial charge in [0.2, 0.25) is 0 Å². The monoisotopic (exact) mass is 409 g/mol. The fraction of sp³-hybridized carbons (Fsp3) is 0.409. The average molecular weight is 410 g/mol. The second kappa shape index (κ2) is 8.71. The Morgan fingerprint density at radius 2 is 1.93 bits per heavy atom. The van der Waals surface area contributed by atoms with E-state index in [4.69, 9.17) is 11.5 Å². The molecule has 0 saturated heterocycles. The van der Waals surface area contributed by atoms with Crippen molar-refractivity contribution < 1.29 is 0 Å². The van der Waals surface area contributed by atoms with Crippen LogP contribution in [-0.4, -0.2) is 45.5 Å². The molecular formula is C22H31N7O. The maximum Gasteiger partial charge on any atom is 0.354 e. The van der Waals surface area contributed by atoms with Crippen LogP contribution in [0.5, 0.6) is 0 Å². The molecule has 0 aliphatic rings. The molecule has 8 heteroatoms. The molecule has 0 aliphatic heterocycles. The molecule has 30 heavy (non-hydrogen) atoms. The van der Waals surface area contributed by atoms with Gasteiger partial charge in [0.1, 0.15) is 5.65 Å². The number of guanidine groups is 1. The van der Waals surface area contributed by atoms with Gasteiger partial charge in [0.25, 0.3) is 0 Å². The SMILES string of the molecule is CN(CCCN=C(N)N)Cc1ccc(-n2cc3cc(C(C)(C)C)[nH]c3nc2=O)cc1. The second-order valence-corrected chi connectivity index (χ2v) is 8.69. The average Bonchev–Trinajstić information content (AvgIpc) is 3.08. The van der Waals surface area contributed by atoms with Crippen molar-refractivity contribution in [1.82, 2.24) is 19.4 Å². The van der Waals surface area contributed by atoms with E-state index in [1.807, 2.05) is 30.5 Å². The number of hydrogen-bond acceptors (Lipinski definition) is 4. The molecule has 0 spiro atoms. The number of aromatic nitrogens is 3. The lowest BCUT2D eigenvalue weighted by Gasteiger charge is -2.16. The molecule has 2 aromatic heterocycles. The molecule has 160 valence electrons. The van der Waals surface area contributed by atoms with Gasteiger partial charge in [0, 0.05) is 35.8 Å². The van der Waals surface area contributed by atoms with E-state index in [2.05, 4.69) is 53.7 Å². The first-order chi connectivity index (χ1) is 14.1. The summed E-state index contributed by atoms with van der Waals surface area (Å²) in [7, 11) is 2.06. The van der Waals surface area contributed by atoms with Crippen LogP contribution in [-0.2, 0) is 12.0 Å². The van der Waals surface area contributed by atoms with Crippen molar-refractivity contribution in [3.05, 3.63) is 58.3 Å². The minimum atomic E-state index is -0.297. The molecule has 3 aromatic rings. The highest BCUT2D eigenvalue weighted by atomic mass is 16.1. The number of nitrogens with zero attached hydrogens (tertiary/aromatic N) is 4. The summed E-state index contributed by atoms with van der Waals surface area (Å²) in [5.74, 6) is 0.130. The second-order valence-electron chi connectivity index (χ2n) is 8.69. The van der Waals surface area contributed by atoms with Gasteiger partial charge in [-0.05, 0) is 43.8 Å². The molecule has 5 N–H and O–H groups in total. The third-order valence-electron chi connectivity index (χ3n) is 4.98. The summed E-state index contributed by atoms with van der Waals surface area (Å²) in [5.41, 5.74) is 14.0. The normalized spacial score (nSPS) is 11.9. The molecule has 2 heterocycles. The summed E-state index contributed by atoms with van der Waals surface area (Å²) < 4.78 is 1.59. The topological polar surface area (TPSA) is 118 Å². The quantitative estimate of drug-likeness (QED) is 0.314. The molecule has 1 aromatic carbocycles. The number of benzene rings is 1. The lowest BCUT2D eigenvalue weighted by molar-refractivity contribution is 0.324. The maximum absolute atomic E-state index is 12.5. The summed E-state index contributed by atoms with van der Waals surface area (Å²) in [5, 5.41) is 0.920. The van der Waals surface area contributed by atoms with Gasteiger partial charge >= 0.3 is 5.69 Å². The van der Waals surface area contributed by atoms with Gasteiger partial charge in [0.05, 0.1) is 5.69 Å². The standard InChI is InChI=1S/C22H31N7O/c1-22(2,3)18-12-16-14-29(21(30)27-19(16)26-18)17-8-6-15(7-9-17)13-28(4)11-5-10-25-20(23)24/h6-9,12,14H,5,10-11,13H2,1-4H3,(H4,23,24,25)(H,26,27,30). The molecule has 0 amide bonds. The van der Waals surface area contributed by atoms with Crippen LogP contribution in [0.2, 0.25) is 0 Å². The van der Waals surface area contributed by atoms with Crippen LogP contribution >= 0.6 is 0 Å². The molecule has 0 saturated carbocycles. The third kappa shape index (κ3) is 5.27. The molecule has 0 fully saturated rings. The fourth-order valence-corrected chi connectivity index (χ4v) is 3.28. The van der Waals surface area contributed by atoms with Crippen molar-refractivity contribution in [2.24, 2.45) is 16.5 Å². The van der Waals surface area contributed by atoms with Crippen molar-refractivity contribution in [2.75, 3.05) is 20.1 Å². The number of nitrogens with one attached hydrogen (secondary N) is 1. The molecule has 3 rings (SSSR count). The van der Waals surface area contributed by atoms with Crippen molar-refractivity contribution in [1.29, 1.82) is 0 Å². The first-order valence-electron chi connectivity index (χ1n) is 10.1. The Morgan fingerprint density at radius 3 is 2.57 bits per heavy atom. The zero-order valence-corrected chi connectivity index (χ0v) is 18.1. The van der Waals surface area contributed by atoms with Crippen LogP contribution < -0.4 is 17.2 Å². The van der Waals surface area contributed by atoms with Gasteiger partial charge in [-0.25, -0.2) is 4.79 Å². The smallest absolute Gasteiger partial charge is 0.354 e. The van der Waals surface area contributed by atoms with Crippen LogP contribution in [0.15, 0.2) is 46.3 Å². The zero-order chi connectivity index (χ0) is 21.9. The Balaban J connectivity index is 1.72. The van der Waals surface area contributed by atoms with E-state index in [0.29, 0.717) is 12.2 Å². The first kappa shape index (κ1) is 21.6. The number of nitrogens with two attached hydrogens (primary N) is 2. The minimum Gasteiger partial charge on any atom is -0.370 e. The van der Waals surface area contributed by atoms with E-state index in [1.54, 1.807) is 4.57 Å². The van der Waals surface area contributed by atoms with Gasteiger partial charge in [-0.1, -0.05) is 32.9 Å². The summed E-state index contributed by atoms with van der Waals surface area (Å²) >= 11 is 0. The highest BCUT2D eigenvalue weighted by Gasteiger charge is 2.17. The van der Waals surface area contributed by atoms with Crippen molar-refractivity contribution >= 4 is 17.0 Å². The van der Waals surface area contributed by atoms with Gasteiger partial charge in [0.15, 0.2) is 5.96 Å². The first-order valence-corrected chi connectivity index (χ1v) is 10.1. The largest absolute Gasteiger partial charge is 0.370 e. The van der Waals surface area contributed by atoms with Crippen molar-refractivity contribution in [3.63, 3.8) is 0 Å². The van der Waals surface area contributed by atoms with E-state index in [1.165, 1.54) is 5.56 Å². The lowest BCUT2D eigenvalue weighted by Crippen LogP contribution is -2.24. The Hall–Kier alpha value is -3.13. The number of hydrogen-bond donors (Lipinski definition) is 3. The van der Waals surface area contributed by atoms with Crippen molar-refractivity contribution in [2.45, 2.75) is 39.2 Å². The van der Waals surface area contributed by atoms with E-state index in [9.17, 15) is 4.79 Å². The maximum atomic E-state index is 12.5. The molecule has 0 aliphatic carbocycles. The lowest BCUT2D eigenvalue weighted by atomic mass is 9.92. The van der Waals surface area contributed by atoms with E-state index in [0.717, 1.165) is 36.3 Å². The highest BCUT2D eigenvalue weighted by molar-refractivity contribution is 5.76. The predicted octanol–water partition coefficient (Wildman–Crippen LogP) is 2.11. The van der Waals surface area contributed by atoms with E-state index >= 15 is 0 Å². The Labute approximate surface area is 176 Å². The summed E-state index contributed by atoms with van der Waals surface area (Å²) in [6.45, 7) is 8.70. The molecular weight excluding hydrogens is 378 g/mol. The minimum absolute atomic E-state index is 0.0362. The number of aliphatic imine (C=N–C) groups is 1. The molecule has 0 bridgehead atoms. The molecule has 0 atom stereocenters. The van der Waals surface area contributed by atoms with E-state index in [-0.39, 0.29) is 17.1 Å². The molecule has 0 unspecified atom stereocenters.